The van der Waals surface area contributed by atoms with Crippen LogP contribution in [-0.2, 0) is 6.42 Å². The third-order valence-electron chi connectivity index (χ3n) is 1.59. The lowest BCUT2D eigenvalue weighted by atomic mass is 10.1. The highest BCUT2D eigenvalue weighted by atomic mass is 14.9. The fourth-order valence-corrected chi connectivity index (χ4v) is 1.10. The van der Waals surface area contributed by atoms with Crippen LogP contribution < -0.4 is 0 Å². The second-order valence-corrected chi connectivity index (χ2v) is 2.21. The summed E-state index contributed by atoms with van der Waals surface area (Å²) in [7, 11) is 0. The third-order valence-corrected chi connectivity index (χ3v) is 1.59. The van der Waals surface area contributed by atoms with Gasteiger partial charge in [-0.2, -0.15) is 0 Å². The fourth-order valence-electron chi connectivity index (χ4n) is 1.10. The molecule has 0 saturated carbocycles. The van der Waals surface area contributed by atoms with Crippen LogP contribution >= 0.6 is 0 Å². The largest absolute Gasteiger partial charge is 0.348 e. The molecule has 0 atom stereocenters. The number of allylic oxidation sites excluding steroid dienone is 1. The highest BCUT2D eigenvalue weighted by Gasteiger charge is 2.03. The molecule has 1 heterocycles. The van der Waals surface area contributed by atoms with Crippen LogP contribution in [0.5, 0.6) is 0 Å². The predicted molar refractivity (Wildman–Crippen MR) is 47.3 cm³/mol. The van der Waals surface area contributed by atoms with Crippen LogP contribution in [0.2, 0.25) is 0 Å². The minimum Gasteiger partial charge on any atom is -0.348 e. The third kappa shape index (κ3) is 1.70. The smallest absolute Gasteiger partial charge is 0.0929 e. The Morgan fingerprint density at radius 2 is 2.27 bits per heavy atom. The molecule has 0 radical (unpaired) electrons. The van der Waals surface area contributed by atoms with Crippen molar-refractivity contribution in [1.29, 1.82) is 0 Å². The first-order chi connectivity index (χ1) is 5.47. The van der Waals surface area contributed by atoms with Gasteiger partial charge in [-0.05, 0) is 18.9 Å². The molecule has 0 amide bonds. The van der Waals surface area contributed by atoms with Gasteiger partial charge in [-0.15, -0.1) is 0 Å². The van der Waals surface area contributed by atoms with Crippen molar-refractivity contribution < 1.29 is 0 Å². The topological polar surface area (TPSA) is 28.7 Å². The normalized spacial score (nSPS) is 13.3. The lowest BCUT2D eigenvalue weighted by Gasteiger charge is -2.00. The number of aromatic nitrogens is 2. The molecule has 0 spiro atoms. The molecule has 2 nitrogen and oxygen atoms in total. The SMILES string of the molecule is C1=Cc2nc[nH]c2CC1.CC. The van der Waals surface area contributed by atoms with Crippen LogP contribution in [0.1, 0.15) is 31.7 Å². The molecule has 0 bridgehead atoms. The summed E-state index contributed by atoms with van der Waals surface area (Å²) in [6.45, 7) is 4.00. The molecule has 1 aliphatic carbocycles. The Morgan fingerprint density at radius 3 is 3.00 bits per heavy atom. The van der Waals surface area contributed by atoms with E-state index < -0.39 is 0 Å². The summed E-state index contributed by atoms with van der Waals surface area (Å²) < 4.78 is 0. The number of rotatable bonds is 0. The van der Waals surface area contributed by atoms with Gasteiger partial charge in [0, 0.05) is 5.69 Å². The number of nitrogens with zero attached hydrogens (tertiary/aromatic N) is 1. The summed E-state index contributed by atoms with van der Waals surface area (Å²) in [5.74, 6) is 0. The van der Waals surface area contributed by atoms with E-state index >= 15 is 0 Å². The molecular formula is C9H14N2. The molecule has 0 unspecified atom stereocenters. The van der Waals surface area contributed by atoms with Crippen molar-refractivity contribution in [2.75, 3.05) is 0 Å². The van der Waals surface area contributed by atoms with Crippen molar-refractivity contribution >= 4 is 6.08 Å². The molecule has 60 valence electrons. The molecule has 0 aliphatic heterocycles. The number of hydrogen-bond acceptors (Lipinski definition) is 1. The second kappa shape index (κ2) is 3.96. The quantitative estimate of drug-likeness (QED) is 0.604. The van der Waals surface area contributed by atoms with Gasteiger partial charge >= 0.3 is 0 Å². The molecule has 1 N–H and O–H groups in total. The van der Waals surface area contributed by atoms with Gasteiger partial charge in [0.25, 0.3) is 0 Å². The molecule has 1 aromatic rings. The molecule has 2 rings (SSSR count). The summed E-state index contributed by atoms with van der Waals surface area (Å²) in [5, 5.41) is 0. The Hall–Kier alpha value is -1.05. The standard InChI is InChI=1S/C7H8N2.C2H6/c1-2-4-7-6(3-1)8-5-9-7;1-2/h1,3,5H,2,4H2,(H,8,9);1-2H3. The van der Waals surface area contributed by atoms with Gasteiger partial charge in [0.15, 0.2) is 0 Å². The van der Waals surface area contributed by atoms with Crippen LogP contribution in [0.25, 0.3) is 6.08 Å². The summed E-state index contributed by atoms with van der Waals surface area (Å²) in [4.78, 5) is 7.21. The van der Waals surface area contributed by atoms with Gasteiger partial charge in [0.2, 0.25) is 0 Å². The minimum absolute atomic E-state index is 1.11. The zero-order valence-electron chi connectivity index (χ0n) is 7.09. The van der Waals surface area contributed by atoms with Crippen molar-refractivity contribution in [2.24, 2.45) is 0 Å². The first kappa shape index (κ1) is 8.05. The highest BCUT2D eigenvalue weighted by Crippen LogP contribution is 2.13. The highest BCUT2D eigenvalue weighted by molar-refractivity contribution is 5.49. The van der Waals surface area contributed by atoms with E-state index in [0.29, 0.717) is 0 Å². The van der Waals surface area contributed by atoms with E-state index in [-0.39, 0.29) is 0 Å². The lowest BCUT2D eigenvalue weighted by Crippen LogP contribution is -1.91. The summed E-state index contributed by atoms with van der Waals surface area (Å²) in [5.41, 5.74) is 2.39. The number of nitrogens with one attached hydrogen (secondary N) is 1. The van der Waals surface area contributed by atoms with Gasteiger partial charge in [0.05, 0.1) is 12.0 Å². The second-order valence-electron chi connectivity index (χ2n) is 2.21. The fraction of sp³-hybridized carbons (Fsp3) is 0.444. The zero-order chi connectivity index (χ0) is 8.10. The van der Waals surface area contributed by atoms with Crippen molar-refractivity contribution in [1.82, 2.24) is 9.97 Å². The van der Waals surface area contributed by atoms with Crippen molar-refractivity contribution in [3.63, 3.8) is 0 Å². The van der Waals surface area contributed by atoms with Crippen LogP contribution in [0.4, 0.5) is 0 Å². The summed E-state index contributed by atoms with van der Waals surface area (Å²) >= 11 is 0. The van der Waals surface area contributed by atoms with Gasteiger partial charge in [0.1, 0.15) is 0 Å². The van der Waals surface area contributed by atoms with E-state index in [2.05, 4.69) is 22.1 Å². The maximum Gasteiger partial charge on any atom is 0.0929 e. The Morgan fingerprint density at radius 1 is 1.45 bits per heavy atom. The molecular weight excluding hydrogens is 136 g/mol. The molecule has 1 aromatic heterocycles. The average Bonchev–Trinajstić information content (AvgIpc) is 2.55. The Labute approximate surface area is 67.4 Å². The van der Waals surface area contributed by atoms with Crippen LogP contribution in [0.15, 0.2) is 12.4 Å². The molecule has 0 saturated heterocycles. The van der Waals surface area contributed by atoms with Crippen molar-refractivity contribution in [3.05, 3.63) is 23.8 Å². The monoisotopic (exact) mass is 150 g/mol. The molecule has 11 heavy (non-hydrogen) atoms. The first-order valence-electron chi connectivity index (χ1n) is 4.15. The Balaban J connectivity index is 0.000000281. The van der Waals surface area contributed by atoms with Gasteiger partial charge < -0.3 is 4.98 Å². The van der Waals surface area contributed by atoms with E-state index in [1.165, 1.54) is 5.69 Å². The summed E-state index contributed by atoms with van der Waals surface area (Å²) in [6.07, 6.45) is 8.24. The average molecular weight is 150 g/mol. The van der Waals surface area contributed by atoms with Crippen molar-refractivity contribution in [2.45, 2.75) is 26.7 Å². The number of fused-ring (bicyclic) bond motifs is 1. The molecule has 2 heteroatoms. The van der Waals surface area contributed by atoms with Crippen molar-refractivity contribution in [3.8, 4) is 0 Å². The molecule has 1 aliphatic rings. The van der Waals surface area contributed by atoms with E-state index in [9.17, 15) is 0 Å². The van der Waals surface area contributed by atoms with E-state index in [1.807, 2.05) is 13.8 Å². The Bertz CT molecular complexity index is 235. The zero-order valence-corrected chi connectivity index (χ0v) is 7.09. The summed E-state index contributed by atoms with van der Waals surface area (Å²) in [6, 6.07) is 0. The lowest BCUT2D eigenvalue weighted by molar-refractivity contribution is 0.943. The maximum atomic E-state index is 4.11. The molecule has 0 aromatic carbocycles. The number of aryl methyl sites for hydroxylation is 1. The van der Waals surface area contributed by atoms with Crippen LogP contribution in [0.3, 0.4) is 0 Å². The Kier molecular flexibility index (Phi) is 2.90. The number of H-pyrrole nitrogens is 1. The maximum absolute atomic E-state index is 4.11. The van der Waals surface area contributed by atoms with Gasteiger partial charge in [-0.1, -0.05) is 19.9 Å². The van der Waals surface area contributed by atoms with E-state index in [0.717, 1.165) is 18.5 Å². The minimum atomic E-state index is 1.11. The van der Waals surface area contributed by atoms with Crippen LogP contribution in [-0.4, -0.2) is 9.97 Å². The molecule has 0 fully saturated rings. The van der Waals surface area contributed by atoms with Crippen LogP contribution in [0, 0.1) is 0 Å². The van der Waals surface area contributed by atoms with Gasteiger partial charge in [-0.25, -0.2) is 4.98 Å². The number of aromatic amines is 1. The van der Waals surface area contributed by atoms with E-state index in [4.69, 9.17) is 0 Å². The first-order valence-corrected chi connectivity index (χ1v) is 4.15. The van der Waals surface area contributed by atoms with E-state index in [1.54, 1.807) is 6.33 Å². The van der Waals surface area contributed by atoms with Gasteiger partial charge in [-0.3, -0.25) is 0 Å². The predicted octanol–water partition coefficient (Wildman–Crippen LogP) is 2.40. The number of hydrogen-bond donors (Lipinski definition) is 1. The number of imidazole rings is 1.